The summed E-state index contributed by atoms with van der Waals surface area (Å²) in [5.41, 5.74) is 10.7. The van der Waals surface area contributed by atoms with E-state index in [1.54, 1.807) is 16.7 Å². The summed E-state index contributed by atoms with van der Waals surface area (Å²) < 4.78 is 0. The number of aryl methyl sites for hydroxylation is 1. The highest BCUT2D eigenvalue weighted by Gasteiger charge is 2.36. The van der Waals surface area contributed by atoms with E-state index in [1.165, 1.54) is 25.7 Å². The molecule has 0 heterocycles. The van der Waals surface area contributed by atoms with Gasteiger partial charge >= 0.3 is 0 Å². The van der Waals surface area contributed by atoms with Gasteiger partial charge in [0.05, 0.1) is 0 Å². The molecule has 2 aliphatic rings. The van der Waals surface area contributed by atoms with Gasteiger partial charge in [-0.15, -0.1) is 0 Å². The molecule has 0 spiro atoms. The van der Waals surface area contributed by atoms with Crippen molar-refractivity contribution in [1.29, 1.82) is 0 Å². The van der Waals surface area contributed by atoms with Crippen LogP contribution < -0.4 is 5.73 Å². The van der Waals surface area contributed by atoms with Crippen LogP contribution in [-0.2, 0) is 12.8 Å². The second kappa shape index (κ2) is 2.58. The van der Waals surface area contributed by atoms with Crippen molar-refractivity contribution in [2.45, 2.75) is 37.6 Å². The summed E-state index contributed by atoms with van der Waals surface area (Å²) in [5, 5.41) is 0. The Kier molecular flexibility index (Phi) is 1.50. The molecular weight excluding hydrogens is 158 g/mol. The van der Waals surface area contributed by atoms with Gasteiger partial charge in [-0.1, -0.05) is 18.2 Å². The molecule has 1 saturated carbocycles. The Morgan fingerprint density at radius 1 is 1.23 bits per heavy atom. The predicted molar refractivity (Wildman–Crippen MR) is 53.8 cm³/mol. The van der Waals surface area contributed by atoms with Gasteiger partial charge in [0.15, 0.2) is 0 Å². The molecule has 13 heavy (non-hydrogen) atoms. The fourth-order valence-corrected chi connectivity index (χ4v) is 2.57. The maximum absolute atomic E-state index is 5.89. The Hall–Kier alpha value is -0.820. The van der Waals surface area contributed by atoms with Crippen molar-refractivity contribution in [3.05, 3.63) is 34.9 Å². The zero-order chi connectivity index (χ0) is 8.84. The molecule has 0 aliphatic heterocycles. The molecule has 68 valence electrons. The molecule has 0 radical (unpaired) electrons. The van der Waals surface area contributed by atoms with Crippen LogP contribution in [-0.4, -0.2) is 6.04 Å². The minimum atomic E-state index is 0.451. The van der Waals surface area contributed by atoms with Crippen LogP contribution in [0.1, 0.15) is 35.4 Å². The van der Waals surface area contributed by atoms with E-state index in [1.807, 2.05) is 0 Å². The first-order valence-electron chi connectivity index (χ1n) is 5.22. The molecule has 1 fully saturated rings. The van der Waals surface area contributed by atoms with E-state index < -0.39 is 0 Å². The molecule has 2 aliphatic carbocycles. The SMILES string of the molecule is NC1CC1c1cccc2c1CCC2. The minimum absolute atomic E-state index is 0.451. The lowest BCUT2D eigenvalue weighted by Crippen LogP contribution is -2.02. The van der Waals surface area contributed by atoms with Gasteiger partial charge in [-0.2, -0.15) is 0 Å². The third-order valence-corrected chi connectivity index (χ3v) is 3.42. The summed E-state index contributed by atoms with van der Waals surface area (Å²) in [6.45, 7) is 0. The smallest absolute Gasteiger partial charge is 0.0115 e. The number of nitrogens with two attached hydrogens (primary N) is 1. The lowest BCUT2D eigenvalue weighted by atomic mass is 10.00. The fourth-order valence-electron chi connectivity index (χ4n) is 2.57. The Morgan fingerprint density at radius 2 is 2.08 bits per heavy atom. The van der Waals surface area contributed by atoms with Crippen molar-refractivity contribution in [2.24, 2.45) is 5.73 Å². The number of fused-ring (bicyclic) bond motifs is 1. The molecule has 2 atom stereocenters. The predicted octanol–water partition coefficient (Wildman–Crippen LogP) is 1.99. The third-order valence-electron chi connectivity index (χ3n) is 3.42. The van der Waals surface area contributed by atoms with Gasteiger partial charge in [0.25, 0.3) is 0 Å². The largest absolute Gasteiger partial charge is 0.327 e. The molecule has 0 saturated heterocycles. The van der Waals surface area contributed by atoms with Crippen molar-refractivity contribution in [2.75, 3.05) is 0 Å². The maximum atomic E-state index is 5.89. The first-order valence-corrected chi connectivity index (χ1v) is 5.22. The van der Waals surface area contributed by atoms with Crippen molar-refractivity contribution >= 4 is 0 Å². The highest BCUT2D eigenvalue weighted by atomic mass is 14.7. The van der Waals surface area contributed by atoms with Crippen molar-refractivity contribution in [1.82, 2.24) is 0 Å². The van der Waals surface area contributed by atoms with Crippen LogP contribution >= 0.6 is 0 Å². The third kappa shape index (κ3) is 1.11. The fraction of sp³-hybridized carbons (Fsp3) is 0.500. The molecule has 1 nitrogen and oxygen atoms in total. The molecule has 1 aromatic carbocycles. The Balaban J connectivity index is 2.05. The van der Waals surface area contributed by atoms with Crippen LogP contribution in [0.5, 0.6) is 0 Å². The van der Waals surface area contributed by atoms with Crippen LogP contribution in [0.3, 0.4) is 0 Å². The monoisotopic (exact) mass is 173 g/mol. The molecule has 0 aromatic heterocycles. The van der Waals surface area contributed by atoms with Crippen LogP contribution in [0.25, 0.3) is 0 Å². The Bertz CT molecular complexity index is 343. The quantitative estimate of drug-likeness (QED) is 0.690. The van der Waals surface area contributed by atoms with Crippen LogP contribution in [0.2, 0.25) is 0 Å². The van der Waals surface area contributed by atoms with E-state index in [-0.39, 0.29) is 0 Å². The van der Waals surface area contributed by atoms with Crippen LogP contribution in [0, 0.1) is 0 Å². The molecular formula is C12H15N. The molecule has 1 aromatic rings. The molecule has 0 amide bonds. The highest BCUT2D eigenvalue weighted by molar-refractivity contribution is 5.43. The molecule has 2 unspecified atom stereocenters. The standard InChI is InChI=1S/C12H15N/c13-12-7-11(12)10-6-2-4-8-3-1-5-9(8)10/h2,4,6,11-12H,1,3,5,7,13H2. The first-order chi connectivity index (χ1) is 6.36. The van der Waals surface area contributed by atoms with Gasteiger partial charge in [0.1, 0.15) is 0 Å². The Morgan fingerprint density at radius 3 is 2.85 bits per heavy atom. The van der Waals surface area contributed by atoms with Gasteiger partial charge in [0.2, 0.25) is 0 Å². The molecule has 2 N–H and O–H groups in total. The molecule has 0 bridgehead atoms. The Labute approximate surface area is 78.9 Å². The lowest BCUT2D eigenvalue weighted by Gasteiger charge is -2.06. The number of rotatable bonds is 1. The van der Waals surface area contributed by atoms with Gasteiger partial charge in [-0.3, -0.25) is 0 Å². The van der Waals surface area contributed by atoms with Gasteiger partial charge in [-0.05, 0) is 42.4 Å². The summed E-state index contributed by atoms with van der Waals surface area (Å²) in [5.74, 6) is 0.688. The zero-order valence-corrected chi connectivity index (χ0v) is 7.79. The number of benzene rings is 1. The van der Waals surface area contributed by atoms with Crippen molar-refractivity contribution < 1.29 is 0 Å². The second-order valence-corrected chi connectivity index (χ2v) is 4.34. The zero-order valence-electron chi connectivity index (χ0n) is 7.79. The van der Waals surface area contributed by atoms with E-state index in [0.29, 0.717) is 12.0 Å². The summed E-state index contributed by atoms with van der Waals surface area (Å²) >= 11 is 0. The van der Waals surface area contributed by atoms with E-state index in [0.717, 1.165) is 0 Å². The van der Waals surface area contributed by atoms with Crippen LogP contribution in [0.4, 0.5) is 0 Å². The lowest BCUT2D eigenvalue weighted by molar-refractivity contribution is 0.899. The van der Waals surface area contributed by atoms with Crippen molar-refractivity contribution in [3.8, 4) is 0 Å². The normalized spacial score (nSPS) is 30.2. The van der Waals surface area contributed by atoms with Crippen molar-refractivity contribution in [3.63, 3.8) is 0 Å². The van der Waals surface area contributed by atoms with Gasteiger partial charge < -0.3 is 5.73 Å². The average molecular weight is 173 g/mol. The summed E-state index contributed by atoms with van der Waals surface area (Å²) in [6.07, 6.45) is 5.12. The van der Waals surface area contributed by atoms with Gasteiger partial charge in [0, 0.05) is 12.0 Å². The number of hydrogen-bond donors (Lipinski definition) is 1. The average Bonchev–Trinajstić information content (AvgIpc) is 2.66. The minimum Gasteiger partial charge on any atom is -0.327 e. The van der Waals surface area contributed by atoms with E-state index >= 15 is 0 Å². The van der Waals surface area contributed by atoms with Crippen LogP contribution in [0.15, 0.2) is 18.2 Å². The van der Waals surface area contributed by atoms with Gasteiger partial charge in [-0.25, -0.2) is 0 Å². The highest BCUT2D eigenvalue weighted by Crippen LogP contribution is 2.42. The van der Waals surface area contributed by atoms with E-state index in [2.05, 4.69) is 18.2 Å². The number of hydrogen-bond acceptors (Lipinski definition) is 1. The summed E-state index contributed by atoms with van der Waals surface area (Å²) in [6, 6.07) is 7.21. The molecule has 1 heteroatoms. The van der Waals surface area contributed by atoms with E-state index in [4.69, 9.17) is 5.73 Å². The molecule has 3 rings (SSSR count). The topological polar surface area (TPSA) is 26.0 Å². The summed E-state index contributed by atoms with van der Waals surface area (Å²) in [4.78, 5) is 0. The first kappa shape index (κ1) is 7.57. The summed E-state index contributed by atoms with van der Waals surface area (Å²) in [7, 11) is 0. The van der Waals surface area contributed by atoms with E-state index in [9.17, 15) is 0 Å². The second-order valence-electron chi connectivity index (χ2n) is 4.34. The maximum Gasteiger partial charge on any atom is 0.0115 e.